The molecule has 0 atom stereocenters. The Bertz CT molecular complexity index is 555. The Morgan fingerprint density at radius 1 is 1.00 bits per heavy atom. The molecule has 1 aliphatic rings. The van der Waals surface area contributed by atoms with E-state index in [9.17, 15) is 0 Å². The van der Waals surface area contributed by atoms with Crippen molar-refractivity contribution in [2.24, 2.45) is 0 Å². The second kappa shape index (κ2) is 8.57. The highest BCUT2D eigenvalue weighted by atomic mass is 32.3. The summed E-state index contributed by atoms with van der Waals surface area (Å²) in [5, 5.41) is 1.15. The Kier molecular flexibility index (Phi) is 6.48. The number of hydrogen-bond acceptors (Lipinski definition) is 5. The summed E-state index contributed by atoms with van der Waals surface area (Å²) in [6.07, 6.45) is 4.42. The molecule has 0 saturated carbocycles. The summed E-state index contributed by atoms with van der Waals surface area (Å²) in [6, 6.07) is 16.9. The van der Waals surface area contributed by atoms with Gasteiger partial charge in [-0.1, -0.05) is 36.0 Å². The second-order valence-corrected chi connectivity index (χ2v) is 11.0. The fourth-order valence-electron chi connectivity index (χ4n) is 2.19. The quantitative estimate of drug-likeness (QED) is 0.591. The van der Waals surface area contributed by atoms with E-state index in [0.717, 1.165) is 10.8 Å². The third kappa shape index (κ3) is 4.88. The summed E-state index contributed by atoms with van der Waals surface area (Å²) in [7, 11) is 0. The second-order valence-electron chi connectivity index (χ2n) is 4.92. The van der Waals surface area contributed by atoms with Gasteiger partial charge in [0.05, 0.1) is 5.03 Å². The zero-order valence-electron chi connectivity index (χ0n) is 12.3. The highest BCUT2D eigenvalue weighted by molar-refractivity contribution is 8.34. The predicted octanol–water partition coefficient (Wildman–Crippen LogP) is 5.88. The molecule has 0 unspecified atom stereocenters. The van der Waals surface area contributed by atoms with E-state index in [-0.39, 0.29) is 3.41 Å². The molecule has 1 nitrogen and oxygen atoms in total. The zero-order valence-corrected chi connectivity index (χ0v) is 15.6. The molecule has 22 heavy (non-hydrogen) atoms. The molecular weight excluding hydrogens is 346 g/mol. The lowest BCUT2D eigenvalue weighted by molar-refractivity contribution is 0.976. The fourth-order valence-corrected chi connectivity index (χ4v) is 8.54. The third-order valence-corrected chi connectivity index (χ3v) is 9.42. The average Bonchev–Trinajstić information content (AvgIpc) is 2.58. The molecular formula is C17H19NS4. The minimum atomic E-state index is 0.231. The van der Waals surface area contributed by atoms with Gasteiger partial charge in [-0.3, -0.25) is 0 Å². The maximum absolute atomic E-state index is 4.51. The number of aromatic nitrogens is 1. The largest absolute Gasteiger partial charge is 0.250 e. The zero-order chi connectivity index (χ0) is 15.1. The molecule has 0 N–H and O–H groups in total. The van der Waals surface area contributed by atoms with E-state index in [4.69, 9.17) is 0 Å². The molecule has 0 bridgehead atoms. The van der Waals surface area contributed by atoms with Crippen LogP contribution in [0.15, 0.2) is 64.6 Å². The van der Waals surface area contributed by atoms with Crippen LogP contribution in [0.4, 0.5) is 0 Å². The predicted molar refractivity (Wildman–Crippen MR) is 104 cm³/mol. The molecule has 1 saturated heterocycles. The fraction of sp³-hybridized carbons (Fsp3) is 0.353. The van der Waals surface area contributed by atoms with Crippen molar-refractivity contribution in [3.8, 4) is 0 Å². The van der Waals surface area contributed by atoms with Crippen LogP contribution in [0.2, 0.25) is 0 Å². The highest BCUT2D eigenvalue weighted by Crippen LogP contribution is 2.55. The topological polar surface area (TPSA) is 12.9 Å². The number of rotatable bonds is 6. The van der Waals surface area contributed by atoms with Gasteiger partial charge in [0.1, 0.15) is 3.41 Å². The molecule has 2 heterocycles. The third-order valence-electron chi connectivity index (χ3n) is 3.25. The van der Waals surface area contributed by atoms with Gasteiger partial charge in [0.15, 0.2) is 0 Å². The Morgan fingerprint density at radius 2 is 1.77 bits per heavy atom. The molecule has 0 radical (unpaired) electrons. The van der Waals surface area contributed by atoms with Crippen molar-refractivity contribution in [2.75, 3.05) is 17.3 Å². The Morgan fingerprint density at radius 3 is 2.50 bits per heavy atom. The van der Waals surface area contributed by atoms with Gasteiger partial charge in [0.2, 0.25) is 0 Å². The summed E-state index contributed by atoms with van der Waals surface area (Å²) in [6.45, 7) is 0. The lowest BCUT2D eigenvalue weighted by Gasteiger charge is -2.35. The molecule has 3 rings (SSSR count). The Hall–Kier alpha value is -0.230. The van der Waals surface area contributed by atoms with Crippen LogP contribution in [0, 0.1) is 0 Å². The summed E-state index contributed by atoms with van der Waals surface area (Å²) < 4.78 is 0.231. The first-order chi connectivity index (χ1) is 10.9. The van der Waals surface area contributed by atoms with Crippen LogP contribution >= 0.6 is 47.0 Å². The maximum atomic E-state index is 4.51. The van der Waals surface area contributed by atoms with Crippen molar-refractivity contribution < 1.29 is 0 Å². The van der Waals surface area contributed by atoms with Crippen LogP contribution in [-0.4, -0.2) is 25.7 Å². The maximum Gasteiger partial charge on any atom is 0.113 e. The minimum Gasteiger partial charge on any atom is -0.250 e. The van der Waals surface area contributed by atoms with E-state index in [1.165, 1.54) is 29.2 Å². The normalized spacial score (nSPS) is 17.3. The van der Waals surface area contributed by atoms with E-state index in [1.807, 2.05) is 35.8 Å². The monoisotopic (exact) mass is 365 g/mol. The van der Waals surface area contributed by atoms with Gasteiger partial charge in [-0.25, -0.2) is 4.98 Å². The minimum absolute atomic E-state index is 0.231. The Labute approximate surface area is 149 Å². The van der Waals surface area contributed by atoms with Crippen LogP contribution < -0.4 is 0 Å². The van der Waals surface area contributed by atoms with Crippen LogP contribution in [-0.2, 0) is 0 Å². The first-order valence-electron chi connectivity index (χ1n) is 7.42. The first-order valence-corrected chi connectivity index (χ1v) is 11.2. The standard InChI is InChI=1S/C17H19NS4/c1-2-7-15(8-3-1)19-14-10-17(20-12-6-13-21-17)22-16-9-4-5-11-18-16/h1-5,7-9,11H,6,10,12-14H2. The van der Waals surface area contributed by atoms with Crippen molar-refractivity contribution >= 4 is 47.0 Å². The molecule has 5 heteroatoms. The average molecular weight is 366 g/mol. The van der Waals surface area contributed by atoms with Crippen LogP contribution in [0.25, 0.3) is 0 Å². The first kappa shape index (κ1) is 16.6. The molecule has 1 aromatic carbocycles. The lowest BCUT2D eigenvalue weighted by atomic mass is 10.4. The molecule has 0 aliphatic carbocycles. The summed E-state index contributed by atoms with van der Waals surface area (Å²) >= 11 is 8.14. The SMILES string of the molecule is c1ccc(SCCC2(Sc3ccccn3)SCCCS2)cc1. The number of nitrogens with zero attached hydrogens (tertiary/aromatic N) is 1. The van der Waals surface area contributed by atoms with E-state index < -0.39 is 0 Å². The van der Waals surface area contributed by atoms with E-state index in [2.05, 4.69) is 71.0 Å². The number of thioether (sulfide) groups is 4. The van der Waals surface area contributed by atoms with Gasteiger partial charge in [-0.05, 0) is 48.6 Å². The van der Waals surface area contributed by atoms with Crippen molar-refractivity contribution in [3.63, 3.8) is 0 Å². The van der Waals surface area contributed by atoms with Crippen LogP contribution in [0.3, 0.4) is 0 Å². The highest BCUT2D eigenvalue weighted by Gasteiger charge is 2.35. The van der Waals surface area contributed by atoms with Gasteiger partial charge < -0.3 is 0 Å². The van der Waals surface area contributed by atoms with E-state index in [0.29, 0.717) is 0 Å². The number of benzene rings is 1. The molecule has 1 aromatic heterocycles. The molecule has 0 spiro atoms. The molecule has 1 aliphatic heterocycles. The van der Waals surface area contributed by atoms with Crippen molar-refractivity contribution in [3.05, 3.63) is 54.7 Å². The van der Waals surface area contributed by atoms with Crippen molar-refractivity contribution in [1.29, 1.82) is 0 Å². The summed E-state index contributed by atoms with van der Waals surface area (Å²) in [5.41, 5.74) is 0. The van der Waals surface area contributed by atoms with Gasteiger partial charge in [-0.15, -0.1) is 35.3 Å². The Balaban J connectivity index is 1.62. The summed E-state index contributed by atoms with van der Waals surface area (Å²) in [5.74, 6) is 3.69. The summed E-state index contributed by atoms with van der Waals surface area (Å²) in [4.78, 5) is 5.88. The van der Waals surface area contributed by atoms with Gasteiger partial charge >= 0.3 is 0 Å². The molecule has 1 fully saturated rings. The van der Waals surface area contributed by atoms with Crippen molar-refractivity contribution in [1.82, 2.24) is 4.98 Å². The number of pyridine rings is 1. The van der Waals surface area contributed by atoms with Gasteiger partial charge in [0.25, 0.3) is 0 Å². The molecule has 116 valence electrons. The van der Waals surface area contributed by atoms with E-state index in [1.54, 1.807) is 0 Å². The van der Waals surface area contributed by atoms with Gasteiger partial charge in [-0.2, -0.15) is 0 Å². The molecule has 2 aromatic rings. The van der Waals surface area contributed by atoms with Gasteiger partial charge in [0, 0.05) is 16.8 Å². The van der Waals surface area contributed by atoms with Crippen molar-refractivity contribution in [2.45, 2.75) is 26.2 Å². The lowest BCUT2D eigenvalue weighted by Crippen LogP contribution is -2.22. The van der Waals surface area contributed by atoms with Crippen LogP contribution in [0.1, 0.15) is 12.8 Å². The number of hydrogen-bond donors (Lipinski definition) is 0. The van der Waals surface area contributed by atoms with E-state index >= 15 is 0 Å². The molecule has 0 amide bonds. The smallest absolute Gasteiger partial charge is 0.113 e. The van der Waals surface area contributed by atoms with Crippen LogP contribution in [0.5, 0.6) is 0 Å².